The van der Waals surface area contributed by atoms with Crippen LogP contribution in [0.1, 0.15) is 26.1 Å². The Kier molecular flexibility index (Phi) is 5.79. The summed E-state index contributed by atoms with van der Waals surface area (Å²) in [6.45, 7) is 9.30. The summed E-state index contributed by atoms with van der Waals surface area (Å²) in [5.41, 5.74) is 1.03. The highest BCUT2D eigenvalue weighted by molar-refractivity contribution is 5.85. The van der Waals surface area contributed by atoms with E-state index in [0.29, 0.717) is 17.3 Å². The topological polar surface area (TPSA) is 61.0 Å². The van der Waals surface area contributed by atoms with E-state index in [1.807, 2.05) is 24.3 Å². The van der Waals surface area contributed by atoms with Gasteiger partial charge in [0.15, 0.2) is 0 Å². The Morgan fingerprint density at radius 3 is 2.83 bits per heavy atom. The zero-order chi connectivity index (χ0) is 15.6. The third kappa shape index (κ3) is 4.10. The van der Waals surface area contributed by atoms with E-state index in [4.69, 9.17) is 0 Å². The van der Waals surface area contributed by atoms with E-state index in [0.717, 1.165) is 37.5 Å². The van der Waals surface area contributed by atoms with Crippen LogP contribution in [0, 0.1) is 5.41 Å². The van der Waals surface area contributed by atoms with E-state index in [2.05, 4.69) is 34.0 Å². The number of aromatic amines is 1. The average Bonchev–Trinajstić information content (AvgIpc) is 2.93. The minimum absolute atomic E-state index is 0. The molecule has 6 heteroatoms. The first kappa shape index (κ1) is 17.9. The molecule has 1 fully saturated rings. The molecule has 1 aromatic heterocycles. The number of fused-ring (bicyclic) bond motifs is 1. The summed E-state index contributed by atoms with van der Waals surface area (Å²) in [6.07, 6.45) is 1.20. The van der Waals surface area contributed by atoms with Crippen LogP contribution in [-0.2, 0) is 6.54 Å². The predicted octanol–water partition coefficient (Wildman–Crippen LogP) is 2.17. The molecule has 1 aliphatic rings. The molecule has 23 heavy (non-hydrogen) atoms. The molecule has 1 saturated heterocycles. The van der Waals surface area contributed by atoms with E-state index in [1.54, 1.807) is 0 Å². The fourth-order valence-corrected chi connectivity index (χ4v) is 3.24. The van der Waals surface area contributed by atoms with Crippen LogP contribution in [0.5, 0.6) is 0 Å². The van der Waals surface area contributed by atoms with Gasteiger partial charge in [0, 0.05) is 13.1 Å². The normalized spacial score (nSPS) is 20.8. The number of rotatable bonds is 5. The van der Waals surface area contributed by atoms with Crippen LogP contribution >= 0.6 is 12.4 Å². The third-order valence-electron chi connectivity index (χ3n) is 4.54. The molecule has 2 heterocycles. The van der Waals surface area contributed by atoms with Crippen molar-refractivity contribution in [2.45, 2.75) is 26.8 Å². The molecule has 0 amide bonds. The summed E-state index contributed by atoms with van der Waals surface area (Å²) >= 11 is 0. The van der Waals surface area contributed by atoms with Crippen molar-refractivity contribution in [2.24, 2.45) is 5.41 Å². The highest BCUT2D eigenvalue weighted by Gasteiger charge is 2.30. The zero-order valence-electron chi connectivity index (χ0n) is 13.8. The van der Waals surface area contributed by atoms with E-state index in [9.17, 15) is 4.79 Å². The number of nitrogens with zero attached hydrogens (tertiary/aromatic N) is 2. The lowest BCUT2D eigenvalue weighted by molar-refractivity contribution is 0.174. The van der Waals surface area contributed by atoms with E-state index in [-0.39, 0.29) is 18.0 Å². The quantitative estimate of drug-likeness (QED) is 0.878. The standard InChI is InChI=1S/C17H24N4O.ClH/c1-3-21(12-17(2)8-9-18-11-17)10-15-19-14-7-5-4-6-13(14)16(22)20-15;/h4-7,18H,3,8-12H2,1-2H3,(H,19,20,22);1H. The Balaban J connectivity index is 0.00000192. The van der Waals surface area contributed by atoms with Gasteiger partial charge in [0.05, 0.1) is 17.4 Å². The minimum atomic E-state index is -0.0506. The van der Waals surface area contributed by atoms with Crippen LogP contribution in [0.15, 0.2) is 29.1 Å². The van der Waals surface area contributed by atoms with Crippen molar-refractivity contribution < 1.29 is 0 Å². The Morgan fingerprint density at radius 2 is 2.13 bits per heavy atom. The molecule has 0 spiro atoms. The van der Waals surface area contributed by atoms with Gasteiger partial charge in [-0.3, -0.25) is 9.69 Å². The maximum Gasteiger partial charge on any atom is 0.258 e. The predicted molar refractivity (Wildman–Crippen MR) is 96.2 cm³/mol. The summed E-state index contributed by atoms with van der Waals surface area (Å²) in [5, 5.41) is 4.09. The Bertz CT molecular complexity index is 709. The second-order valence-corrected chi connectivity index (χ2v) is 6.57. The van der Waals surface area contributed by atoms with E-state index >= 15 is 0 Å². The molecule has 1 unspecified atom stereocenters. The summed E-state index contributed by atoms with van der Waals surface area (Å²) in [7, 11) is 0. The second-order valence-electron chi connectivity index (χ2n) is 6.57. The monoisotopic (exact) mass is 336 g/mol. The Labute approximate surface area is 142 Å². The second kappa shape index (κ2) is 7.43. The molecular weight excluding hydrogens is 312 g/mol. The fraction of sp³-hybridized carbons (Fsp3) is 0.529. The molecule has 126 valence electrons. The smallest absolute Gasteiger partial charge is 0.258 e. The van der Waals surface area contributed by atoms with Crippen LogP contribution in [0.25, 0.3) is 10.9 Å². The van der Waals surface area contributed by atoms with Crippen LogP contribution < -0.4 is 10.9 Å². The van der Waals surface area contributed by atoms with Crippen molar-refractivity contribution in [3.63, 3.8) is 0 Å². The zero-order valence-corrected chi connectivity index (χ0v) is 14.6. The van der Waals surface area contributed by atoms with Gasteiger partial charge in [0.1, 0.15) is 5.82 Å². The first-order valence-corrected chi connectivity index (χ1v) is 8.01. The molecular formula is C17H25ClN4O. The fourth-order valence-electron chi connectivity index (χ4n) is 3.24. The van der Waals surface area contributed by atoms with Gasteiger partial charge in [0.2, 0.25) is 0 Å². The average molecular weight is 337 g/mol. The number of H-pyrrole nitrogens is 1. The van der Waals surface area contributed by atoms with E-state index < -0.39 is 0 Å². The van der Waals surface area contributed by atoms with Gasteiger partial charge < -0.3 is 10.3 Å². The number of para-hydroxylation sites is 1. The number of benzene rings is 1. The van der Waals surface area contributed by atoms with Crippen molar-refractivity contribution in [1.29, 1.82) is 0 Å². The number of hydrogen-bond donors (Lipinski definition) is 2. The van der Waals surface area contributed by atoms with Gasteiger partial charge in [-0.2, -0.15) is 0 Å². The molecule has 2 aromatic rings. The molecule has 0 aliphatic carbocycles. The van der Waals surface area contributed by atoms with Crippen molar-refractivity contribution in [3.05, 3.63) is 40.4 Å². The Hall–Kier alpha value is -1.43. The Morgan fingerprint density at radius 1 is 1.35 bits per heavy atom. The molecule has 3 rings (SSSR count). The van der Waals surface area contributed by atoms with Crippen molar-refractivity contribution in [1.82, 2.24) is 20.2 Å². The van der Waals surface area contributed by atoms with Crippen molar-refractivity contribution in [2.75, 3.05) is 26.2 Å². The molecule has 1 aliphatic heterocycles. The molecule has 2 N–H and O–H groups in total. The first-order valence-electron chi connectivity index (χ1n) is 8.01. The number of hydrogen-bond acceptors (Lipinski definition) is 4. The molecule has 0 radical (unpaired) electrons. The number of halogens is 1. The SMILES string of the molecule is CCN(Cc1nc2ccccc2c(=O)[nH]1)CC1(C)CCNC1.Cl. The molecule has 0 saturated carbocycles. The number of nitrogens with one attached hydrogen (secondary N) is 2. The lowest BCUT2D eigenvalue weighted by atomic mass is 9.89. The summed E-state index contributed by atoms with van der Waals surface area (Å²) in [6, 6.07) is 7.49. The lowest BCUT2D eigenvalue weighted by Gasteiger charge is -2.30. The highest BCUT2D eigenvalue weighted by atomic mass is 35.5. The first-order chi connectivity index (χ1) is 10.6. The van der Waals surface area contributed by atoms with Crippen LogP contribution in [-0.4, -0.2) is 41.0 Å². The van der Waals surface area contributed by atoms with Gasteiger partial charge in [-0.05, 0) is 37.1 Å². The number of aromatic nitrogens is 2. The molecule has 0 bridgehead atoms. The third-order valence-corrected chi connectivity index (χ3v) is 4.54. The van der Waals surface area contributed by atoms with Crippen LogP contribution in [0.4, 0.5) is 0 Å². The van der Waals surface area contributed by atoms with Crippen molar-refractivity contribution >= 4 is 23.3 Å². The van der Waals surface area contributed by atoms with Gasteiger partial charge in [-0.25, -0.2) is 4.98 Å². The molecule has 5 nitrogen and oxygen atoms in total. The van der Waals surface area contributed by atoms with Gasteiger partial charge >= 0.3 is 0 Å². The van der Waals surface area contributed by atoms with Crippen molar-refractivity contribution in [3.8, 4) is 0 Å². The molecule has 1 aromatic carbocycles. The van der Waals surface area contributed by atoms with Crippen LogP contribution in [0.2, 0.25) is 0 Å². The van der Waals surface area contributed by atoms with Gasteiger partial charge in [0.25, 0.3) is 5.56 Å². The minimum Gasteiger partial charge on any atom is -0.316 e. The maximum atomic E-state index is 12.2. The largest absolute Gasteiger partial charge is 0.316 e. The molecule has 1 atom stereocenters. The summed E-state index contributed by atoms with van der Waals surface area (Å²) in [5.74, 6) is 0.750. The highest BCUT2D eigenvalue weighted by Crippen LogP contribution is 2.26. The van der Waals surface area contributed by atoms with E-state index in [1.165, 1.54) is 6.42 Å². The van der Waals surface area contributed by atoms with Gasteiger partial charge in [-0.1, -0.05) is 26.0 Å². The van der Waals surface area contributed by atoms with Gasteiger partial charge in [-0.15, -0.1) is 12.4 Å². The van der Waals surface area contributed by atoms with Crippen LogP contribution in [0.3, 0.4) is 0 Å². The summed E-state index contributed by atoms with van der Waals surface area (Å²) < 4.78 is 0. The lowest BCUT2D eigenvalue weighted by Crippen LogP contribution is -2.37. The maximum absolute atomic E-state index is 12.2. The summed E-state index contributed by atoms with van der Waals surface area (Å²) in [4.78, 5) is 22.1.